The lowest BCUT2D eigenvalue weighted by Gasteiger charge is -2.23. The van der Waals surface area contributed by atoms with Gasteiger partial charge < -0.3 is 29.8 Å². The molecule has 0 unspecified atom stereocenters. The van der Waals surface area contributed by atoms with Crippen LogP contribution in [0.25, 0.3) is 11.3 Å². The molecule has 0 saturated carbocycles. The number of hydrogen-bond acceptors (Lipinski definition) is 6. The molecule has 1 aromatic carbocycles. The zero-order chi connectivity index (χ0) is 24.4. The SMILES string of the molecule is COc1c(Cl)cccc1Nc1c(-c2ccncc2OC[C@H]2CCCCO2)[nH]c2c1C(=O)N[C@H](C)C2. The van der Waals surface area contributed by atoms with Gasteiger partial charge in [0, 0.05) is 36.5 Å². The maximum atomic E-state index is 13.1. The van der Waals surface area contributed by atoms with Gasteiger partial charge in [-0.2, -0.15) is 0 Å². The summed E-state index contributed by atoms with van der Waals surface area (Å²) in [4.78, 5) is 20.9. The van der Waals surface area contributed by atoms with E-state index >= 15 is 0 Å². The second kappa shape index (κ2) is 10.2. The summed E-state index contributed by atoms with van der Waals surface area (Å²) in [5.74, 6) is 0.979. The molecule has 9 heteroatoms. The number of carbonyl (C=O) groups excluding carboxylic acids is 1. The third kappa shape index (κ3) is 4.81. The lowest BCUT2D eigenvalue weighted by atomic mass is 10.0. The van der Waals surface area contributed by atoms with Gasteiger partial charge in [0.25, 0.3) is 5.91 Å². The van der Waals surface area contributed by atoms with Gasteiger partial charge in [-0.3, -0.25) is 9.78 Å². The van der Waals surface area contributed by atoms with Crippen molar-refractivity contribution in [3.05, 3.63) is 52.9 Å². The number of benzene rings is 1. The van der Waals surface area contributed by atoms with Gasteiger partial charge in [0.15, 0.2) is 5.75 Å². The molecule has 35 heavy (non-hydrogen) atoms. The lowest BCUT2D eigenvalue weighted by molar-refractivity contribution is -0.0110. The van der Waals surface area contributed by atoms with Crippen molar-refractivity contribution in [2.75, 3.05) is 25.6 Å². The second-order valence-electron chi connectivity index (χ2n) is 8.92. The van der Waals surface area contributed by atoms with Crippen LogP contribution in [-0.4, -0.2) is 48.3 Å². The Morgan fingerprint density at radius 1 is 1.29 bits per heavy atom. The van der Waals surface area contributed by atoms with Gasteiger partial charge in [-0.1, -0.05) is 17.7 Å². The highest BCUT2D eigenvalue weighted by atomic mass is 35.5. The number of hydrogen-bond donors (Lipinski definition) is 3. The van der Waals surface area contributed by atoms with E-state index in [0.29, 0.717) is 46.5 Å². The minimum atomic E-state index is -0.142. The van der Waals surface area contributed by atoms with E-state index in [9.17, 15) is 4.79 Å². The summed E-state index contributed by atoms with van der Waals surface area (Å²) in [5, 5.41) is 6.92. The van der Waals surface area contributed by atoms with Crippen molar-refractivity contribution in [3.63, 3.8) is 0 Å². The highest BCUT2D eigenvalue weighted by Crippen LogP contribution is 2.43. The molecule has 3 N–H and O–H groups in total. The summed E-state index contributed by atoms with van der Waals surface area (Å²) < 4.78 is 17.6. The Hall–Kier alpha value is -3.23. The first kappa shape index (κ1) is 23.5. The van der Waals surface area contributed by atoms with Gasteiger partial charge in [-0.25, -0.2) is 0 Å². The molecule has 5 rings (SSSR count). The molecule has 1 amide bonds. The summed E-state index contributed by atoms with van der Waals surface area (Å²) in [6, 6.07) is 7.36. The van der Waals surface area contributed by atoms with Crippen LogP contribution in [0.1, 0.15) is 42.2 Å². The molecule has 2 atom stereocenters. The quantitative estimate of drug-likeness (QED) is 0.421. The summed E-state index contributed by atoms with van der Waals surface area (Å²) in [6.07, 6.45) is 7.36. The Morgan fingerprint density at radius 2 is 2.17 bits per heavy atom. The zero-order valence-corrected chi connectivity index (χ0v) is 20.6. The molecule has 1 fully saturated rings. The van der Waals surface area contributed by atoms with Gasteiger partial charge in [0.1, 0.15) is 12.4 Å². The minimum absolute atomic E-state index is 0.0201. The van der Waals surface area contributed by atoms with Crippen LogP contribution in [0, 0.1) is 0 Å². The van der Waals surface area contributed by atoms with Crippen molar-refractivity contribution in [3.8, 4) is 22.8 Å². The number of halogens is 1. The van der Waals surface area contributed by atoms with E-state index in [1.807, 2.05) is 25.1 Å². The number of pyridine rings is 1. The van der Waals surface area contributed by atoms with Crippen LogP contribution in [-0.2, 0) is 11.2 Å². The summed E-state index contributed by atoms with van der Waals surface area (Å²) >= 11 is 6.37. The number of rotatable bonds is 7. The molecule has 2 aromatic heterocycles. The molecule has 1 saturated heterocycles. The summed E-state index contributed by atoms with van der Waals surface area (Å²) in [7, 11) is 1.57. The topological polar surface area (TPSA) is 97.5 Å². The van der Waals surface area contributed by atoms with E-state index in [1.54, 1.807) is 25.6 Å². The maximum Gasteiger partial charge on any atom is 0.255 e. The number of methoxy groups -OCH3 is 1. The van der Waals surface area contributed by atoms with Crippen LogP contribution in [0.3, 0.4) is 0 Å². The fourth-order valence-electron chi connectivity index (χ4n) is 4.71. The van der Waals surface area contributed by atoms with Gasteiger partial charge in [0.2, 0.25) is 0 Å². The van der Waals surface area contributed by atoms with E-state index in [-0.39, 0.29) is 18.1 Å². The molecule has 3 aromatic rings. The monoisotopic (exact) mass is 496 g/mol. The third-order valence-electron chi connectivity index (χ3n) is 6.38. The van der Waals surface area contributed by atoms with Crippen molar-refractivity contribution in [1.82, 2.24) is 15.3 Å². The number of aromatic nitrogens is 2. The van der Waals surface area contributed by atoms with Crippen LogP contribution < -0.4 is 20.1 Å². The lowest BCUT2D eigenvalue weighted by Crippen LogP contribution is -2.39. The summed E-state index contributed by atoms with van der Waals surface area (Å²) in [5.41, 5.74) is 4.26. The normalized spacial score (nSPS) is 19.6. The van der Waals surface area contributed by atoms with Crippen molar-refractivity contribution < 1.29 is 19.0 Å². The molecule has 8 nitrogen and oxygen atoms in total. The number of nitrogens with zero attached hydrogens (tertiary/aromatic N) is 1. The predicted octanol–water partition coefficient (Wildman–Crippen LogP) is 5.10. The number of nitrogens with one attached hydrogen (secondary N) is 3. The van der Waals surface area contributed by atoms with Crippen LogP contribution in [0.15, 0.2) is 36.7 Å². The average Bonchev–Trinajstić information content (AvgIpc) is 3.21. The number of amides is 1. The Labute approximate surface area is 209 Å². The Morgan fingerprint density at radius 3 is 2.97 bits per heavy atom. The standard InChI is InChI=1S/C26H29ClN4O4/c1-15-12-20-22(26(32)29-15)24(30-19-8-5-7-18(27)25(19)33-2)23(31-20)17-9-10-28-13-21(17)35-14-16-6-3-4-11-34-16/h5,7-10,13,15-16,30-31H,3-4,6,11-12,14H2,1-2H3,(H,29,32)/t15-,16-/m1/s1. The van der Waals surface area contributed by atoms with Crippen LogP contribution in [0.2, 0.25) is 5.02 Å². The van der Waals surface area contributed by atoms with E-state index in [4.69, 9.17) is 25.8 Å². The van der Waals surface area contributed by atoms with Gasteiger partial charge in [-0.05, 0) is 44.4 Å². The van der Waals surface area contributed by atoms with Crippen LogP contribution in [0.5, 0.6) is 11.5 Å². The van der Waals surface area contributed by atoms with Gasteiger partial charge >= 0.3 is 0 Å². The van der Waals surface area contributed by atoms with E-state index in [0.717, 1.165) is 42.8 Å². The largest absolute Gasteiger partial charge is 0.493 e. The molecule has 0 spiro atoms. The maximum absolute atomic E-state index is 13.1. The molecule has 2 aliphatic heterocycles. The first-order valence-electron chi connectivity index (χ1n) is 11.9. The molecule has 4 heterocycles. The predicted molar refractivity (Wildman–Crippen MR) is 135 cm³/mol. The van der Waals surface area contributed by atoms with Crippen molar-refractivity contribution in [2.45, 2.75) is 44.8 Å². The molecule has 2 aliphatic rings. The first-order chi connectivity index (χ1) is 17.0. The molecular weight excluding hydrogens is 468 g/mol. The summed E-state index contributed by atoms with van der Waals surface area (Å²) in [6.45, 7) is 3.20. The number of H-pyrrole nitrogens is 1. The fourth-order valence-corrected chi connectivity index (χ4v) is 4.96. The molecule has 0 bridgehead atoms. The van der Waals surface area contributed by atoms with Crippen LogP contribution >= 0.6 is 11.6 Å². The first-order valence-corrected chi connectivity index (χ1v) is 12.3. The highest BCUT2D eigenvalue weighted by Gasteiger charge is 2.31. The van der Waals surface area contributed by atoms with Crippen molar-refractivity contribution in [2.24, 2.45) is 0 Å². The van der Waals surface area contributed by atoms with Crippen molar-refractivity contribution in [1.29, 1.82) is 0 Å². The zero-order valence-electron chi connectivity index (χ0n) is 19.8. The van der Waals surface area contributed by atoms with Gasteiger partial charge in [0.05, 0.1) is 47.1 Å². The fraction of sp³-hybridized carbons (Fsp3) is 0.385. The Kier molecular flexibility index (Phi) is 6.83. The molecular formula is C26H29ClN4O4. The number of fused-ring (bicyclic) bond motifs is 1. The number of carbonyl (C=O) groups is 1. The molecule has 184 valence electrons. The Balaban J connectivity index is 1.57. The molecule has 0 radical (unpaired) electrons. The average molecular weight is 497 g/mol. The van der Waals surface area contributed by atoms with Crippen LogP contribution in [0.4, 0.5) is 11.4 Å². The highest BCUT2D eigenvalue weighted by molar-refractivity contribution is 6.32. The number of aromatic amines is 1. The van der Waals surface area contributed by atoms with E-state index in [2.05, 4.69) is 20.6 Å². The number of anilines is 2. The van der Waals surface area contributed by atoms with Crippen molar-refractivity contribution >= 4 is 28.9 Å². The molecule has 0 aliphatic carbocycles. The van der Waals surface area contributed by atoms with E-state index in [1.165, 1.54) is 0 Å². The Bertz CT molecular complexity index is 1220. The smallest absolute Gasteiger partial charge is 0.255 e. The van der Waals surface area contributed by atoms with Gasteiger partial charge in [-0.15, -0.1) is 0 Å². The second-order valence-corrected chi connectivity index (χ2v) is 9.33. The van der Waals surface area contributed by atoms with E-state index < -0.39 is 0 Å². The number of ether oxygens (including phenoxy) is 3. The minimum Gasteiger partial charge on any atom is -0.493 e. The number of para-hydroxylation sites is 1. The third-order valence-corrected chi connectivity index (χ3v) is 6.67.